The highest BCUT2D eigenvalue weighted by Gasteiger charge is 2.37. The Morgan fingerprint density at radius 3 is 2.60 bits per heavy atom. The van der Waals surface area contributed by atoms with E-state index in [-0.39, 0.29) is 29.4 Å². The average Bonchev–Trinajstić information content (AvgIpc) is 2.38. The molecule has 5 nitrogen and oxygen atoms in total. The summed E-state index contributed by atoms with van der Waals surface area (Å²) in [6, 6.07) is 6.74. The molecule has 0 aromatic heterocycles. The molecule has 0 saturated carbocycles. The average molecular weight is 297 g/mol. The van der Waals surface area contributed by atoms with E-state index < -0.39 is 10.1 Å². The van der Waals surface area contributed by atoms with E-state index in [1.54, 1.807) is 25.1 Å². The fourth-order valence-electron chi connectivity index (χ4n) is 2.41. The van der Waals surface area contributed by atoms with Gasteiger partial charge in [0.15, 0.2) is 0 Å². The molecule has 2 atom stereocenters. The minimum Gasteiger partial charge on any atom is -0.352 e. The number of benzene rings is 1. The SMILES string of the molecule is CC[C@@H]1C(=O)N[C@@H]1CCOS(=O)(=O)c1ccccc1C. The van der Waals surface area contributed by atoms with Gasteiger partial charge in [0.2, 0.25) is 5.91 Å². The van der Waals surface area contributed by atoms with Crippen molar-refractivity contribution in [1.82, 2.24) is 5.32 Å². The van der Waals surface area contributed by atoms with Crippen LogP contribution in [0.4, 0.5) is 0 Å². The topological polar surface area (TPSA) is 72.5 Å². The number of hydrogen-bond acceptors (Lipinski definition) is 4. The van der Waals surface area contributed by atoms with Gasteiger partial charge < -0.3 is 5.32 Å². The summed E-state index contributed by atoms with van der Waals surface area (Å²) in [7, 11) is -3.72. The summed E-state index contributed by atoms with van der Waals surface area (Å²) in [5, 5.41) is 2.77. The van der Waals surface area contributed by atoms with Crippen LogP contribution in [0.5, 0.6) is 0 Å². The van der Waals surface area contributed by atoms with Crippen molar-refractivity contribution in [2.45, 2.75) is 37.6 Å². The maximum absolute atomic E-state index is 12.0. The quantitative estimate of drug-likeness (QED) is 0.639. The number of hydrogen-bond donors (Lipinski definition) is 1. The Bertz CT molecular complexity index is 597. The van der Waals surface area contributed by atoms with Gasteiger partial charge in [-0.1, -0.05) is 25.1 Å². The number of amides is 1. The highest BCUT2D eigenvalue weighted by Crippen LogP contribution is 2.22. The molecule has 1 heterocycles. The number of carbonyl (C=O) groups is 1. The third-order valence-corrected chi connectivity index (χ3v) is 5.09. The van der Waals surface area contributed by atoms with Crippen LogP contribution in [0.15, 0.2) is 29.2 Å². The molecule has 110 valence electrons. The van der Waals surface area contributed by atoms with Gasteiger partial charge >= 0.3 is 0 Å². The van der Waals surface area contributed by atoms with E-state index in [1.165, 1.54) is 6.07 Å². The molecule has 0 aliphatic carbocycles. The third kappa shape index (κ3) is 3.02. The van der Waals surface area contributed by atoms with E-state index in [9.17, 15) is 13.2 Å². The fourth-order valence-corrected chi connectivity index (χ4v) is 3.56. The summed E-state index contributed by atoms with van der Waals surface area (Å²) < 4.78 is 29.1. The summed E-state index contributed by atoms with van der Waals surface area (Å²) in [6.07, 6.45) is 1.27. The number of rotatable bonds is 6. The predicted octanol–water partition coefficient (Wildman–Crippen LogP) is 1.62. The maximum atomic E-state index is 12.0. The van der Waals surface area contributed by atoms with E-state index in [0.717, 1.165) is 6.42 Å². The molecule has 1 aliphatic rings. The Kier molecular flexibility index (Phi) is 4.45. The molecule has 2 rings (SSSR count). The van der Waals surface area contributed by atoms with E-state index in [4.69, 9.17) is 4.18 Å². The lowest BCUT2D eigenvalue weighted by Gasteiger charge is -2.36. The Hall–Kier alpha value is -1.40. The largest absolute Gasteiger partial charge is 0.352 e. The van der Waals surface area contributed by atoms with Crippen molar-refractivity contribution in [3.63, 3.8) is 0 Å². The van der Waals surface area contributed by atoms with Crippen LogP contribution in [0.1, 0.15) is 25.3 Å². The molecule has 1 aliphatic heterocycles. The highest BCUT2D eigenvalue weighted by atomic mass is 32.2. The van der Waals surface area contributed by atoms with Crippen LogP contribution < -0.4 is 5.32 Å². The van der Waals surface area contributed by atoms with Crippen molar-refractivity contribution in [2.24, 2.45) is 5.92 Å². The van der Waals surface area contributed by atoms with Crippen LogP contribution in [-0.4, -0.2) is 27.0 Å². The van der Waals surface area contributed by atoms with Crippen molar-refractivity contribution in [3.05, 3.63) is 29.8 Å². The van der Waals surface area contributed by atoms with E-state index in [0.29, 0.717) is 12.0 Å². The summed E-state index contributed by atoms with van der Waals surface area (Å²) in [4.78, 5) is 11.4. The molecule has 1 N–H and O–H groups in total. The number of nitrogens with one attached hydrogen (secondary N) is 1. The van der Waals surface area contributed by atoms with Gasteiger partial charge in [0.05, 0.1) is 17.4 Å². The lowest BCUT2D eigenvalue weighted by Crippen LogP contribution is -2.58. The van der Waals surface area contributed by atoms with Crippen molar-refractivity contribution >= 4 is 16.0 Å². The molecule has 1 amide bonds. The van der Waals surface area contributed by atoms with Crippen LogP contribution in [0.3, 0.4) is 0 Å². The monoisotopic (exact) mass is 297 g/mol. The van der Waals surface area contributed by atoms with Crippen LogP contribution >= 0.6 is 0 Å². The third-order valence-electron chi connectivity index (χ3n) is 3.62. The standard InChI is InChI=1S/C14H19NO4S/c1-3-11-12(15-14(11)16)8-9-19-20(17,18)13-7-5-4-6-10(13)2/h4-7,11-12H,3,8-9H2,1-2H3,(H,15,16)/t11-,12+/m0/s1. The molecular formula is C14H19NO4S. The Morgan fingerprint density at radius 2 is 2.00 bits per heavy atom. The molecule has 0 unspecified atom stereocenters. The van der Waals surface area contributed by atoms with Gasteiger partial charge in [-0.2, -0.15) is 8.42 Å². The molecule has 1 saturated heterocycles. The zero-order valence-electron chi connectivity index (χ0n) is 11.6. The number of β-lactam (4-membered cyclic amide) rings is 1. The van der Waals surface area contributed by atoms with Crippen molar-refractivity contribution < 1.29 is 17.4 Å². The maximum Gasteiger partial charge on any atom is 0.297 e. The minimum absolute atomic E-state index is 0.0141. The zero-order chi connectivity index (χ0) is 14.8. The molecule has 1 aromatic carbocycles. The highest BCUT2D eigenvalue weighted by molar-refractivity contribution is 7.86. The van der Waals surface area contributed by atoms with Gasteiger partial charge in [0.25, 0.3) is 10.1 Å². The van der Waals surface area contributed by atoms with Crippen LogP contribution in [0.2, 0.25) is 0 Å². The first-order chi connectivity index (χ1) is 9.45. The molecule has 0 spiro atoms. The first-order valence-electron chi connectivity index (χ1n) is 6.71. The second kappa shape index (κ2) is 5.93. The lowest BCUT2D eigenvalue weighted by molar-refractivity contribution is -0.135. The summed E-state index contributed by atoms with van der Waals surface area (Å²) in [5.41, 5.74) is 0.663. The van der Waals surface area contributed by atoms with E-state index in [2.05, 4.69) is 5.32 Å². The van der Waals surface area contributed by atoms with Gasteiger partial charge in [-0.05, 0) is 31.4 Å². The van der Waals surface area contributed by atoms with Crippen LogP contribution in [-0.2, 0) is 19.1 Å². The van der Waals surface area contributed by atoms with Crippen LogP contribution in [0, 0.1) is 12.8 Å². The number of aryl methyl sites for hydroxylation is 1. The molecule has 0 radical (unpaired) electrons. The molecule has 20 heavy (non-hydrogen) atoms. The Balaban J connectivity index is 1.91. The predicted molar refractivity (Wildman–Crippen MR) is 74.6 cm³/mol. The minimum atomic E-state index is -3.72. The second-order valence-electron chi connectivity index (χ2n) is 4.96. The normalized spacial score (nSPS) is 22.2. The van der Waals surface area contributed by atoms with Crippen molar-refractivity contribution in [3.8, 4) is 0 Å². The van der Waals surface area contributed by atoms with Crippen molar-refractivity contribution in [2.75, 3.05) is 6.61 Å². The van der Waals surface area contributed by atoms with Crippen molar-refractivity contribution in [1.29, 1.82) is 0 Å². The molecule has 0 bridgehead atoms. The molecule has 1 fully saturated rings. The fraction of sp³-hybridized carbons (Fsp3) is 0.500. The summed E-state index contributed by atoms with van der Waals surface area (Å²) in [5.74, 6) is 0.0269. The lowest BCUT2D eigenvalue weighted by atomic mass is 9.86. The van der Waals surface area contributed by atoms with E-state index in [1.807, 2.05) is 6.92 Å². The summed E-state index contributed by atoms with van der Waals surface area (Å²) in [6.45, 7) is 3.76. The Labute approximate surface area is 119 Å². The van der Waals surface area contributed by atoms with Gasteiger partial charge in [0.1, 0.15) is 0 Å². The van der Waals surface area contributed by atoms with E-state index >= 15 is 0 Å². The summed E-state index contributed by atoms with van der Waals surface area (Å²) >= 11 is 0. The molecular weight excluding hydrogens is 278 g/mol. The molecule has 6 heteroatoms. The smallest absolute Gasteiger partial charge is 0.297 e. The first kappa shape index (κ1) is 15.0. The van der Waals surface area contributed by atoms with Gasteiger partial charge in [-0.15, -0.1) is 0 Å². The zero-order valence-corrected chi connectivity index (χ0v) is 12.4. The number of carbonyl (C=O) groups excluding carboxylic acids is 1. The van der Waals surface area contributed by atoms with Gasteiger partial charge in [-0.25, -0.2) is 0 Å². The van der Waals surface area contributed by atoms with Gasteiger partial charge in [0, 0.05) is 6.04 Å². The van der Waals surface area contributed by atoms with Crippen LogP contribution in [0.25, 0.3) is 0 Å². The second-order valence-corrected chi connectivity index (χ2v) is 6.54. The molecule has 1 aromatic rings. The van der Waals surface area contributed by atoms with Gasteiger partial charge in [-0.3, -0.25) is 8.98 Å². The first-order valence-corrected chi connectivity index (χ1v) is 8.12. The Morgan fingerprint density at radius 1 is 1.30 bits per heavy atom.